The predicted octanol–water partition coefficient (Wildman–Crippen LogP) is -2.25. The van der Waals surface area contributed by atoms with Crippen LogP contribution in [0.4, 0.5) is 0 Å². The number of nitrogens with zero attached hydrogens (tertiary/aromatic N) is 2. The van der Waals surface area contributed by atoms with Gasteiger partial charge in [0.25, 0.3) is 0 Å². The normalized spacial score (nSPS) is 35.2. The van der Waals surface area contributed by atoms with Crippen molar-refractivity contribution in [3.63, 3.8) is 0 Å². The number of β-amino-alcohol motifs (C(OH)–C–C–N with tert-alkyl or cyclic N) is 1. The monoisotopic (exact) mass is 264 g/mol. The molecule has 7 heteroatoms. The molecular weight excluding hydrogens is 244 g/mol. The lowest BCUT2D eigenvalue weighted by atomic mass is 10.1. The van der Waals surface area contributed by atoms with Crippen molar-refractivity contribution < 1.29 is 18.6 Å². The highest BCUT2D eigenvalue weighted by molar-refractivity contribution is 7.91. The smallest absolute Gasteiger partial charge is 0.154 e. The Morgan fingerprint density at radius 2 is 1.76 bits per heavy atom. The average Bonchev–Trinajstić information content (AvgIpc) is 2.54. The Bertz CT molecular complexity index is 351. The summed E-state index contributed by atoms with van der Waals surface area (Å²) in [6.45, 7) is 3.99. The van der Waals surface area contributed by atoms with Crippen LogP contribution < -0.4 is 0 Å². The number of sulfone groups is 1. The molecule has 2 aliphatic rings. The standard InChI is InChI=1S/C10H20N2O4S/c13-6-5-11-1-3-12(4-2-11)9-7-17(15,16)8-10(9)14/h9-10,13-14H,1-8H2/t9-,10+/m0/s1. The van der Waals surface area contributed by atoms with Crippen LogP contribution in [0, 0.1) is 0 Å². The van der Waals surface area contributed by atoms with Crippen LogP contribution in [0.5, 0.6) is 0 Å². The predicted molar refractivity (Wildman–Crippen MR) is 63.5 cm³/mol. The van der Waals surface area contributed by atoms with Crippen LogP contribution in [0.25, 0.3) is 0 Å². The number of aliphatic hydroxyl groups is 2. The number of rotatable bonds is 3. The molecule has 0 aromatic rings. The van der Waals surface area contributed by atoms with Crippen LogP contribution in [-0.2, 0) is 9.84 Å². The fourth-order valence-electron chi connectivity index (χ4n) is 2.62. The Kier molecular flexibility index (Phi) is 4.04. The molecule has 2 saturated heterocycles. The molecule has 100 valence electrons. The number of hydrogen-bond acceptors (Lipinski definition) is 6. The molecule has 2 aliphatic heterocycles. The van der Waals surface area contributed by atoms with Crippen molar-refractivity contribution in [2.75, 3.05) is 50.8 Å². The lowest BCUT2D eigenvalue weighted by molar-refractivity contribution is 0.0399. The summed E-state index contributed by atoms with van der Waals surface area (Å²) in [5, 5.41) is 18.6. The van der Waals surface area contributed by atoms with Gasteiger partial charge >= 0.3 is 0 Å². The molecule has 2 N–H and O–H groups in total. The van der Waals surface area contributed by atoms with Crippen LogP contribution in [0.2, 0.25) is 0 Å². The third-order valence-electron chi connectivity index (χ3n) is 3.59. The SMILES string of the molecule is O=S1(=O)C[C@@H](O)[C@@H](N2CCN(CCO)CC2)C1. The molecule has 0 saturated carbocycles. The van der Waals surface area contributed by atoms with Gasteiger partial charge in [-0.3, -0.25) is 9.80 Å². The van der Waals surface area contributed by atoms with E-state index in [1.165, 1.54) is 0 Å². The van der Waals surface area contributed by atoms with E-state index in [2.05, 4.69) is 9.80 Å². The molecule has 2 fully saturated rings. The van der Waals surface area contributed by atoms with Crippen molar-refractivity contribution in [1.82, 2.24) is 9.80 Å². The molecule has 0 bridgehead atoms. The number of aliphatic hydroxyl groups excluding tert-OH is 2. The minimum absolute atomic E-state index is 0.0775. The van der Waals surface area contributed by atoms with Crippen molar-refractivity contribution in [2.45, 2.75) is 12.1 Å². The van der Waals surface area contributed by atoms with E-state index in [9.17, 15) is 13.5 Å². The topological polar surface area (TPSA) is 81.1 Å². The largest absolute Gasteiger partial charge is 0.395 e. The Balaban J connectivity index is 1.89. The molecule has 0 amide bonds. The van der Waals surface area contributed by atoms with Gasteiger partial charge in [-0.05, 0) is 0 Å². The van der Waals surface area contributed by atoms with Crippen LogP contribution in [0.15, 0.2) is 0 Å². The summed E-state index contributed by atoms with van der Waals surface area (Å²) in [6, 6.07) is -0.240. The van der Waals surface area contributed by atoms with Crippen LogP contribution >= 0.6 is 0 Å². The summed E-state index contributed by atoms with van der Waals surface area (Å²) in [6.07, 6.45) is -0.746. The van der Waals surface area contributed by atoms with E-state index in [0.717, 1.165) is 26.2 Å². The number of hydrogen-bond donors (Lipinski definition) is 2. The summed E-state index contributed by atoms with van der Waals surface area (Å²) < 4.78 is 22.9. The van der Waals surface area contributed by atoms with Gasteiger partial charge in [0.05, 0.1) is 30.3 Å². The quantitative estimate of drug-likeness (QED) is 0.600. The van der Waals surface area contributed by atoms with Crippen LogP contribution in [0.3, 0.4) is 0 Å². The minimum Gasteiger partial charge on any atom is -0.395 e. The molecule has 0 radical (unpaired) electrons. The zero-order valence-electron chi connectivity index (χ0n) is 9.83. The second-order valence-electron chi connectivity index (χ2n) is 4.81. The maximum Gasteiger partial charge on any atom is 0.154 e. The van der Waals surface area contributed by atoms with Gasteiger partial charge in [-0.2, -0.15) is 0 Å². The zero-order chi connectivity index (χ0) is 12.5. The van der Waals surface area contributed by atoms with Crippen LogP contribution in [-0.4, -0.2) is 91.4 Å². The molecule has 0 spiro atoms. The van der Waals surface area contributed by atoms with Crippen LogP contribution in [0.1, 0.15) is 0 Å². The Morgan fingerprint density at radius 3 is 2.24 bits per heavy atom. The summed E-state index contributed by atoms with van der Waals surface area (Å²) in [7, 11) is -3.06. The van der Waals surface area contributed by atoms with E-state index in [1.54, 1.807) is 0 Å². The molecular formula is C10H20N2O4S. The second kappa shape index (κ2) is 5.19. The van der Waals surface area contributed by atoms with Gasteiger partial charge in [-0.25, -0.2) is 8.42 Å². The fraction of sp³-hybridized carbons (Fsp3) is 1.00. The van der Waals surface area contributed by atoms with E-state index >= 15 is 0 Å². The van der Waals surface area contributed by atoms with Crippen molar-refractivity contribution in [3.8, 4) is 0 Å². The van der Waals surface area contributed by atoms with Crippen molar-refractivity contribution >= 4 is 9.84 Å². The second-order valence-corrected chi connectivity index (χ2v) is 6.97. The maximum atomic E-state index is 11.4. The highest BCUT2D eigenvalue weighted by atomic mass is 32.2. The van der Waals surface area contributed by atoms with Gasteiger partial charge in [0, 0.05) is 32.7 Å². The van der Waals surface area contributed by atoms with Crippen molar-refractivity contribution in [2.24, 2.45) is 0 Å². The van der Waals surface area contributed by atoms with Gasteiger partial charge in [0.15, 0.2) is 9.84 Å². The summed E-state index contributed by atoms with van der Waals surface area (Å²) in [5.74, 6) is -0.0251. The van der Waals surface area contributed by atoms with Crippen molar-refractivity contribution in [3.05, 3.63) is 0 Å². The molecule has 0 aromatic heterocycles. The zero-order valence-corrected chi connectivity index (χ0v) is 10.6. The first-order valence-electron chi connectivity index (χ1n) is 5.97. The Hall–Kier alpha value is -0.210. The van der Waals surface area contributed by atoms with Crippen molar-refractivity contribution in [1.29, 1.82) is 0 Å². The van der Waals surface area contributed by atoms with Gasteiger partial charge in [0.2, 0.25) is 0 Å². The molecule has 0 aliphatic carbocycles. The van der Waals surface area contributed by atoms with E-state index in [1.807, 2.05) is 0 Å². The van der Waals surface area contributed by atoms with Gasteiger partial charge in [-0.1, -0.05) is 0 Å². The average molecular weight is 264 g/mol. The van der Waals surface area contributed by atoms with Gasteiger partial charge in [0.1, 0.15) is 0 Å². The van der Waals surface area contributed by atoms with E-state index in [0.29, 0.717) is 6.54 Å². The Labute approximate surface area is 102 Å². The molecule has 2 rings (SSSR count). The summed E-state index contributed by atoms with van der Waals surface area (Å²) in [4.78, 5) is 4.20. The third-order valence-corrected chi connectivity index (χ3v) is 5.28. The van der Waals surface area contributed by atoms with Gasteiger partial charge < -0.3 is 10.2 Å². The highest BCUT2D eigenvalue weighted by Crippen LogP contribution is 2.19. The maximum absolute atomic E-state index is 11.4. The first-order chi connectivity index (χ1) is 8.02. The lowest BCUT2D eigenvalue weighted by Crippen LogP contribution is -2.53. The summed E-state index contributed by atoms with van der Waals surface area (Å²) >= 11 is 0. The van der Waals surface area contributed by atoms with Gasteiger partial charge in [-0.15, -0.1) is 0 Å². The van der Waals surface area contributed by atoms with E-state index < -0.39 is 15.9 Å². The molecule has 0 unspecified atom stereocenters. The Morgan fingerprint density at radius 1 is 1.12 bits per heavy atom. The first kappa shape index (κ1) is 13.2. The lowest BCUT2D eigenvalue weighted by Gasteiger charge is -2.38. The summed E-state index contributed by atoms with van der Waals surface area (Å²) in [5.41, 5.74) is 0. The molecule has 6 nitrogen and oxygen atoms in total. The van der Waals surface area contributed by atoms with E-state index in [-0.39, 0.29) is 24.2 Å². The number of piperazine rings is 1. The molecule has 2 heterocycles. The minimum atomic E-state index is -3.06. The molecule has 0 aromatic carbocycles. The van der Waals surface area contributed by atoms with E-state index in [4.69, 9.17) is 5.11 Å². The fourth-order valence-corrected chi connectivity index (χ4v) is 4.45. The first-order valence-corrected chi connectivity index (χ1v) is 7.80. The third kappa shape index (κ3) is 3.17. The molecule has 2 atom stereocenters. The highest BCUT2D eigenvalue weighted by Gasteiger charge is 2.40. The molecule has 17 heavy (non-hydrogen) atoms.